The normalized spacial score (nSPS) is 19.5. The predicted octanol–water partition coefficient (Wildman–Crippen LogP) is 0.919. The highest BCUT2D eigenvalue weighted by Crippen LogP contribution is 2.25. The van der Waals surface area contributed by atoms with E-state index < -0.39 is 11.8 Å². The second kappa shape index (κ2) is 9.31. The minimum atomic E-state index is -0.720. The fraction of sp³-hybridized carbons (Fsp3) is 0.409. The Kier molecular flexibility index (Phi) is 6.29. The van der Waals surface area contributed by atoms with Crippen LogP contribution >= 0.6 is 0 Å². The molecule has 3 heterocycles. The third-order valence-electron chi connectivity index (χ3n) is 5.99. The zero-order valence-corrected chi connectivity index (χ0v) is 18.3. The van der Waals surface area contributed by atoms with Gasteiger partial charge in [-0.25, -0.2) is 9.78 Å². The van der Waals surface area contributed by atoms with Gasteiger partial charge in [0, 0.05) is 38.3 Å². The number of carbonyl (C=O) groups excluding carboxylic acids is 4. The number of urea groups is 1. The van der Waals surface area contributed by atoms with Gasteiger partial charge >= 0.3 is 6.03 Å². The van der Waals surface area contributed by atoms with Gasteiger partial charge in [-0.05, 0) is 37.0 Å². The second-order valence-electron chi connectivity index (χ2n) is 8.55. The van der Waals surface area contributed by atoms with Crippen LogP contribution in [0.3, 0.4) is 0 Å². The number of imidazole rings is 1. The number of nitrogens with two attached hydrogens (primary N) is 1. The van der Waals surface area contributed by atoms with Crippen LogP contribution in [0.5, 0.6) is 0 Å². The Labute approximate surface area is 190 Å². The summed E-state index contributed by atoms with van der Waals surface area (Å²) in [5.41, 5.74) is 7.06. The monoisotopic (exact) mass is 453 g/mol. The highest BCUT2D eigenvalue weighted by Gasteiger charge is 2.34. The van der Waals surface area contributed by atoms with Crippen molar-refractivity contribution in [2.75, 3.05) is 30.3 Å². The number of aryl methyl sites for hydroxylation is 1. The molecule has 2 aromatic rings. The van der Waals surface area contributed by atoms with Gasteiger partial charge in [-0.3, -0.25) is 14.4 Å². The lowest BCUT2D eigenvalue weighted by Gasteiger charge is -2.26. The van der Waals surface area contributed by atoms with Crippen molar-refractivity contribution in [3.05, 3.63) is 41.9 Å². The summed E-state index contributed by atoms with van der Waals surface area (Å²) in [4.78, 5) is 54.5. The highest BCUT2D eigenvalue weighted by molar-refractivity contribution is 6.03. The molecule has 5 N–H and O–H groups in total. The number of anilines is 2. The smallest absolute Gasteiger partial charge is 0.319 e. The van der Waals surface area contributed by atoms with Crippen LogP contribution < -0.4 is 21.7 Å². The number of amides is 5. The molecule has 0 saturated carbocycles. The molecule has 174 valence electrons. The van der Waals surface area contributed by atoms with Crippen molar-refractivity contribution < 1.29 is 19.2 Å². The first-order valence-corrected chi connectivity index (χ1v) is 10.8. The van der Waals surface area contributed by atoms with Gasteiger partial charge in [-0.2, -0.15) is 0 Å². The Bertz CT molecular complexity index is 1100. The van der Waals surface area contributed by atoms with E-state index in [1.165, 1.54) is 6.33 Å². The molecule has 5 amide bonds. The van der Waals surface area contributed by atoms with Crippen LogP contribution in [0.25, 0.3) is 0 Å². The molecule has 0 bridgehead atoms. The molecule has 0 spiro atoms. The summed E-state index contributed by atoms with van der Waals surface area (Å²) in [7, 11) is 0. The Morgan fingerprint density at radius 1 is 1.27 bits per heavy atom. The summed E-state index contributed by atoms with van der Waals surface area (Å²) < 4.78 is 1.63. The number of rotatable bonds is 6. The van der Waals surface area contributed by atoms with Gasteiger partial charge in [0.25, 0.3) is 5.91 Å². The second-order valence-corrected chi connectivity index (χ2v) is 8.55. The number of fused-ring (bicyclic) bond motifs is 1. The third kappa shape index (κ3) is 5.13. The number of carbonyl (C=O) groups is 4. The quantitative estimate of drug-likeness (QED) is 0.513. The van der Waals surface area contributed by atoms with Crippen molar-refractivity contribution in [1.29, 1.82) is 0 Å². The van der Waals surface area contributed by atoms with Gasteiger partial charge in [0.05, 0.1) is 12.2 Å². The van der Waals surface area contributed by atoms with Crippen LogP contribution in [0.15, 0.2) is 30.6 Å². The molecule has 0 aliphatic carbocycles. The third-order valence-corrected chi connectivity index (χ3v) is 5.99. The molecule has 11 heteroatoms. The van der Waals surface area contributed by atoms with Crippen LogP contribution in [-0.2, 0) is 16.1 Å². The first kappa shape index (κ1) is 22.3. The summed E-state index contributed by atoms with van der Waals surface area (Å²) in [6.07, 6.45) is 2.27. The van der Waals surface area contributed by atoms with E-state index in [4.69, 9.17) is 5.73 Å². The Morgan fingerprint density at radius 2 is 2.09 bits per heavy atom. The van der Waals surface area contributed by atoms with E-state index in [1.807, 2.05) is 31.2 Å². The molecule has 1 fully saturated rings. The summed E-state index contributed by atoms with van der Waals surface area (Å²) in [5, 5.41) is 8.30. The van der Waals surface area contributed by atoms with Crippen molar-refractivity contribution in [3.63, 3.8) is 0 Å². The molecule has 1 aromatic carbocycles. The maximum atomic E-state index is 12.8. The molecule has 11 nitrogen and oxygen atoms in total. The van der Waals surface area contributed by atoms with Crippen LogP contribution in [0, 0.1) is 18.8 Å². The molecule has 4 rings (SSSR count). The average Bonchev–Trinajstić information content (AvgIpc) is 3.39. The van der Waals surface area contributed by atoms with Gasteiger partial charge in [0.2, 0.25) is 11.8 Å². The standard InChI is InChI=1S/C22H27N7O4/c1-13-3-2-4-16(7-13)26-22(33)24-9-14-5-6-28(10-14)17(30)8-15-11-29-12-25-18(19(23)31)20(29)27-21(15)32/h2-4,7,12,14-15H,5-6,8-11H2,1H3,(H2,23,31)(H,27,32)(H2,24,26,33). The number of nitrogens with zero attached hydrogens (tertiary/aromatic N) is 3. The molecule has 1 saturated heterocycles. The van der Waals surface area contributed by atoms with E-state index in [-0.39, 0.29) is 48.2 Å². The molecule has 2 aliphatic rings. The molecule has 1 aromatic heterocycles. The van der Waals surface area contributed by atoms with Gasteiger partial charge < -0.3 is 31.2 Å². The Balaban J connectivity index is 1.24. The number of aromatic nitrogens is 2. The van der Waals surface area contributed by atoms with E-state index in [0.29, 0.717) is 19.6 Å². The Morgan fingerprint density at radius 3 is 2.85 bits per heavy atom. The maximum Gasteiger partial charge on any atom is 0.319 e. The topological polar surface area (TPSA) is 151 Å². The molecule has 33 heavy (non-hydrogen) atoms. The van der Waals surface area contributed by atoms with Crippen LogP contribution in [-0.4, -0.2) is 57.8 Å². The van der Waals surface area contributed by atoms with Crippen LogP contribution in [0.2, 0.25) is 0 Å². The highest BCUT2D eigenvalue weighted by atomic mass is 16.2. The number of hydrogen-bond donors (Lipinski definition) is 4. The number of hydrogen-bond acceptors (Lipinski definition) is 5. The zero-order chi connectivity index (χ0) is 23.5. The van der Waals surface area contributed by atoms with E-state index >= 15 is 0 Å². The number of nitrogens with one attached hydrogen (secondary N) is 3. The Hall–Kier alpha value is -3.89. The van der Waals surface area contributed by atoms with E-state index in [1.54, 1.807) is 9.47 Å². The number of likely N-dealkylation sites (tertiary alicyclic amines) is 1. The molecule has 2 unspecified atom stereocenters. The minimum Gasteiger partial charge on any atom is -0.364 e. The lowest BCUT2D eigenvalue weighted by Crippen LogP contribution is -2.39. The predicted molar refractivity (Wildman–Crippen MR) is 120 cm³/mol. The zero-order valence-electron chi connectivity index (χ0n) is 18.3. The van der Waals surface area contributed by atoms with Crippen molar-refractivity contribution in [3.8, 4) is 0 Å². The van der Waals surface area contributed by atoms with E-state index in [0.717, 1.165) is 17.7 Å². The fourth-order valence-corrected chi connectivity index (χ4v) is 4.23. The van der Waals surface area contributed by atoms with E-state index in [2.05, 4.69) is 20.9 Å². The lowest BCUT2D eigenvalue weighted by molar-refractivity contribution is -0.134. The lowest BCUT2D eigenvalue weighted by atomic mass is 10.0. The summed E-state index contributed by atoms with van der Waals surface area (Å²) in [6, 6.07) is 7.26. The molecule has 2 atom stereocenters. The van der Waals surface area contributed by atoms with Crippen molar-refractivity contribution >= 4 is 35.3 Å². The number of primary amides is 1. The molecule has 0 radical (unpaired) electrons. The van der Waals surface area contributed by atoms with Crippen molar-refractivity contribution in [1.82, 2.24) is 19.8 Å². The molecular weight excluding hydrogens is 426 g/mol. The average molecular weight is 454 g/mol. The van der Waals surface area contributed by atoms with Gasteiger partial charge in [-0.15, -0.1) is 0 Å². The van der Waals surface area contributed by atoms with Crippen molar-refractivity contribution in [2.24, 2.45) is 17.6 Å². The van der Waals surface area contributed by atoms with Crippen LogP contribution in [0.4, 0.5) is 16.3 Å². The maximum absolute atomic E-state index is 12.8. The molecular formula is C22H27N7O4. The summed E-state index contributed by atoms with van der Waals surface area (Å²) in [6.45, 7) is 3.78. The first-order chi connectivity index (χ1) is 15.8. The minimum absolute atomic E-state index is 0.00875. The van der Waals surface area contributed by atoms with Gasteiger partial charge in [-0.1, -0.05) is 12.1 Å². The fourth-order valence-electron chi connectivity index (χ4n) is 4.23. The molecule has 2 aliphatic heterocycles. The summed E-state index contributed by atoms with van der Waals surface area (Å²) >= 11 is 0. The van der Waals surface area contributed by atoms with Gasteiger partial charge in [0.1, 0.15) is 5.82 Å². The number of benzene rings is 1. The van der Waals surface area contributed by atoms with Crippen LogP contribution in [0.1, 0.15) is 28.9 Å². The largest absolute Gasteiger partial charge is 0.364 e. The summed E-state index contributed by atoms with van der Waals surface area (Å²) in [5.74, 6) is -1.30. The van der Waals surface area contributed by atoms with E-state index in [9.17, 15) is 19.2 Å². The first-order valence-electron chi connectivity index (χ1n) is 10.8. The van der Waals surface area contributed by atoms with Gasteiger partial charge in [0.15, 0.2) is 5.69 Å². The SMILES string of the molecule is Cc1cccc(NC(=O)NCC2CCN(C(=O)CC3Cn4cnc(C(N)=O)c4NC3=O)C2)c1. The van der Waals surface area contributed by atoms with Crippen molar-refractivity contribution in [2.45, 2.75) is 26.3 Å².